The molecule has 7 heteroatoms. The maximum absolute atomic E-state index is 12.4. The van der Waals surface area contributed by atoms with E-state index in [4.69, 9.17) is 4.74 Å². The molecule has 0 atom stereocenters. The van der Waals surface area contributed by atoms with Crippen LogP contribution in [-0.2, 0) is 21.2 Å². The fourth-order valence-electron chi connectivity index (χ4n) is 2.81. The summed E-state index contributed by atoms with van der Waals surface area (Å²) in [5, 5.41) is 2.68. The van der Waals surface area contributed by atoms with E-state index in [1.54, 1.807) is 6.07 Å². The molecule has 0 aromatic heterocycles. The van der Waals surface area contributed by atoms with Crippen molar-refractivity contribution in [2.75, 3.05) is 18.5 Å². The van der Waals surface area contributed by atoms with Crippen molar-refractivity contribution in [3.05, 3.63) is 53.1 Å². The summed E-state index contributed by atoms with van der Waals surface area (Å²) in [6.07, 6.45) is 0.203. The minimum absolute atomic E-state index is 0.125. The molecule has 3 rings (SSSR count). The number of ether oxygens (including phenoxy) is 1. The van der Waals surface area contributed by atoms with Gasteiger partial charge in [0.2, 0.25) is 15.9 Å². The third-order valence-corrected chi connectivity index (χ3v) is 5.52. The number of aryl methyl sites for hydroxylation is 2. The second-order valence-corrected chi connectivity index (χ2v) is 7.78. The Morgan fingerprint density at radius 2 is 1.88 bits per heavy atom. The molecule has 2 aromatic rings. The summed E-state index contributed by atoms with van der Waals surface area (Å²) < 4.78 is 33.0. The van der Waals surface area contributed by atoms with Crippen molar-refractivity contribution < 1.29 is 17.9 Å². The quantitative estimate of drug-likeness (QED) is 0.773. The van der Waals surface area contributed by atoms with Crippen molar-refractivity contribution in [3.8, 4) is 5.75 Å². The van der Waals surface area contributed by atoms with Crippen LogP contribution >= 0.6 is 0 Å². The first-order chi connectivity index (χ1) is 11.9. The van der Waals surface area contributed by atoms with Gasteiger partial charge in [0.15, 0.2) is 0 Å². The number of benzene rings is 2. The van der Waals surface area contributed by atoms with Gasteiger partial charge in [-0.25, -0.2) is 13.1 Å². The smallest absolute Gasteiger partial charge is 0.240 e. The fourth-order valence-corrected chi connectivity index (χ4v) is 3.88. The number of hydrogen-bond donors (Lipinski definition) is 2. The van der Waals surface area contributed by atoms with Crippen LogP contribution in [0.5, 0.6) is 5.75 Å². The first-order valence-electron chi connectivity index (χ1n) is 7.98. The monoisotopic (exact) mass is 360 g/mol. The Morgan fingerprint density at radius 3 is 2.60 bits per heavy atom. The number of carbonyl (C=O) groups excluding carboxylic acids is 1. The van der Waals surface area contributed by atoms with E-state index in [9.17, 15) is 13.2 Å². The molecule has 0 fully saturated rings. The summed E-state index contributed by atoms with van der Waals surface area (Å²) in [4.78, 5) is 11.5. The van der Waals surface area contributed by atoms with E-state index < -0.39 is 10.0 Å². The number of rotatable bonds is 6. The van der Waals surface area contributed by atoms with E-state index in [0.29, 0.717) is 11.3 Å². The van der Waals surface area contributed by atoms with Crippen LogP contribution in [0.1, 0.15) is 16.7 Å². The fraction of sp³-hybridized carbons (Fsp3) is 0.278. The zero-order valence-electron chi connectivity index (χ0n) is 14.1. The van der Waals surface area contributed by atoms with Gasteiger partial charge in [0, 0.05) is 12.2 Å². The van der Waals surface area contributed by atoms with E-state index >= 15 is 0 Å². The molecule has 0 saturated heterocycles. The van der Waals surface area contributed by atoms with Gasteiger partial charge in [0.1, 0.15) is 12.4 Å². The highest BCUT2D eigenvalue weighted by Crippen LogP contribution is 2.26. The topological polar surface area (TPSA) is 84.5 Å². The van der Waals surface area contributed by atoms with Crippen LogP contribution < -0.4 is 14.8 Å². The molecule has 6 nitrogen and oxygen atoms in total. The highest BCUT2D eigenvalue weighted by molar-refractivity contribution is 7.89. The van der Waals surface area contributed by atoms with Gasteiger partial charge >= 0.3 is 0 Å². The number of nitrogens with one attached hydrogen (secondary N) is 2. The Morgan fingerprint density at radius 1 is 1.16 bits per heavy atom. The molecule has 132 valence electrons. The minimum atomic E-state index is -3.64. The first-order valence-corrected chi connectivity index (χ1v) is 9.46. The Kier molecular flexibility index (Phi) is 4.78. The van der Waals surface area contributed by atoms with E-state index in [1.165, 1.54) is 12.1 Å². The van der Waals surface area contributed by atoms with Crippen molar-refractivity contribution in [1.82, 2.24) is 4.72 Å². The van der Waals surface area contributed by atoms with Crippen molar-refractivity contribution in [2.24, 2.45) is 0 Å². The van der Waals surface area contributed by atoms with Crippen molar-refractivity contribution in [2.45, 2.75) is 25.2 Å². The molecule has 0 spiro atoms. The molecule has 2 aromatic carbocycles. The van der Waals surface area contributed by atoms with Gasteiger partial charge < -0.3 is 10.1 Å². The molecular formula is C18H20N2O4S. The van der Waals surface area contributed by atoms with Crippen LogP contribution in [0.15, 0.2) is 41.3 Å². The van der Waals surface area contributed by atoms with Crippen LogP contribution in [0.25, 0.3) is 0 Å². The summed E-state index contributed by atoms with van der Waals surface area (Å²) in [7, 11) is -3.64. The molecule has 1 aliphatic heterocycles. The van der Waals surface area contributed by atoms with Crippen LogP contribution in [0.2, 0.25) is 0 Å². The number of amides is 1. The molecule has 0 saturated carbocycles. The van der Waals surface area contributed by atoms with Crippen LogP contribution in [0, 0.1) is 13.8 Å². The number of para-hydroxylation sites is 1. The summed E-state index contributed by atoms with van der Waals surface area (Å²) in [6, 6.07) is 10.5. The predicted molar refractivity (Wildman–Crippen MR) is 95.4 cm³/mol. The molecule has 2 N–H and O–H groups in total. The van der Waals surface area contributed by atoms with E-state index in [0.717, 1.165) is 16.9 Å². The SMILES string of the molecule is Cc1cccc(C)c1OCCNS(=O)(=O)c1ccc2c(c1)CC(=O)N2. The highest BCUT2D eigenvalue weighted by Gasteiger charge is 2.21. The normalized spacial score (nSPS) is 13.4. The number of anilines is 1. The average molecular weight is 360 g/mol. The molecule has 25 heavy (non-hydrogen) atoms. The third-order valence-electron chi connectivity index (χ3n) is 4.06. The van der Waals surface area contributed by atoms with Gasteiger partial charge in [-0.3, -0.25) is 4.79 Å². The lowest BCUT2D eigenvalue weighted by Gasteiger charge is -2.13. The molecule has 1 amide bonds. The second kappa shape index (κ2) is 6.85. The minimum Gasteiger partial charge on any atom is -0.492 e. The first kappa shape index (κ1) is 17.4. The van der Waals surface area contributed by atoms with Gasteiger partial charge in [0.25, 0.3) is 0 Å². The molecule has 1 heterocycles. The lowest BCUT2D eigenvalue weighted by atomic mass is 10.1. The van der Waals surface area contributed by atoms with Gasteiger partial charge in [-0.05, 0) is 48.7 Å². The Bertz CT molecular complexity index is 902. The van der Waals surface area contributed by atoms with Crippen LogP contribution in [0.4, 0.5) is 5.69 Å². The maximum Gasteiger partial charge on any atom is 0.240 e. The summed E-state index contributed by atoms with van der Waals surface area (Å²) in [5.41, 5.74) is 3.39. The lowest BCUT2D eigenvalue weighted by molar-refractivity contribution is -0.115. The Hall–Kier alpha value is -2.38. The Balaban J connectivity index is 1.61. The van der Waals surface area contributed by atoms with Gasteiger partial charge in [-0.1, -0.05) is 18.2 Å². The van der Waals surface area contributed by atoms with Crippen molar-refractivity contribution in [1.29, 1.82) is 0 Å². The molecule has 0 unspecified atom stereocenters. The standard InChI is InChI=1S/C18H20N2O4S/c1-12-4-3-5-13(2)18(12)24-9-8-19-25(22,23)15-6-7-16-14(10-15)11-17(21)20-16/h3-7,10,19H,8-9,11H2,1-2H3,(H,20,21). The number of sulfonamides is 1. The van der Waals surface area contributed by atoms with E-state index in [2.05, 4.69) is 10.0 Å². The van der Waals surface area contributed by atoms with Crippen LogP contribution in [-0.4, -0.2) is 27.5 Å². The summed E-state index contributed by atoms with van der Waals surface area (Å²) in [6.45, 7) is 4.29. The second-order valence-electron chi connectivity index (χ2n) is 6.01. The predicted octanol–water partition coefficient (Wildman–Crippen LogP) is 2.16. The number of carbonyl (C=O) groups is 1. The summed E-state index contributed by atoms with van der Waals surface area (Å²) >= 11 is 0. The zero-order valence-corrected chi connectivity index (χ0v) is 14.9. The molecule has 0 radical (unpaired) electrons. The Labute approximate surface area is 147 Å². The summed E-state index contributed by atoms with van der Waals surface area (Å²) in [5.74, 6) is 0.656. The van der Waals surface area contributed by atoms with Gasteiger partial charge in [0.05, 0.1) is 11.3 Å². The van der Waals surface area contributed by atoms with E-state index in [-0.39, 0.29) is 30.4 Å². The maximum atomic E-state index is 12.4. The molecule has 0 aliphatic carbocycles. The third kappa shape index (κ3) is 3.83. The van der Waals surface area contributed by atoms with Gasteiger partial charge in [-0.2, -0.15) is 0 Å². The molecular weight excluding hydrogens is 340 g/mol. The van der Waals surface area contributed by atoms with Crippen molar-refractivity contribution in [3.63, 3.8) is 0 Å². The number of fused-ring (bicyclic) bond motifs is 1. The number of hydrogen-bond acceptors (Lipinski definition) is 4. The van der Waals surface area contributed by atoms with Crippen molar-refractivity contribution >= 4 is 21.6 Å². The van der Waals surface area contributed by atoms with Gasteiger partial charge in [-0.15, -0.1) is 0 Å². The van der Waals surface area contributed by atoms with Crippen LogP contribution in [0.3, 0.4) is 0 Å². The zero-order chi connectivity index (χ0) is 18.0. The highest BCUT2D eigenvalue weighted by atomic mass is 32.2. The molecule has 0 bridgehead atoms. The largest absolute Gasteiger partial charge is 0.492 e. The van der Waals surface area contributed by atoms with E-state index in [1.807, 2.05) is 32.0 Å². The lowest BCUT2D eigenvalue weighted by Crippen LogP contribution is -2.28. The average Bonchev–Trinajstić information content (AvgIpc) is 2.92. The molecule has 1 aliphatic rings.